The fourth-order valence-electron chi connectivity index (χ4n) is 6.95. The van der Waals surface area contributed by atoms with E-state index in [2.05, 4.69) is 75.1 Å². The molecule has 0 heterocycles. The largest absolute Gasteiger partial charge is 0.324 e. The van der Waals surface area contributed by atoms with Crippen molar-refractivity contribution in [3.8, 4) is 0 Å². The number of hydrogen-bond acceptors (Lipinski definition) is 1. The van der Waals surface area contributed by atoms with Gasteiger partial charge in [-0.2, -0.15) is 0 Å². The molecule has 0 bridgehead atoms. The molecule has 0 radical (unpaired) electrons. The van der Waals surface area contributed by atoms with Crippen molar-refractivity contribution in [2.24, 2.45) is 34.3 Å². The summed E-state index contributed by atoms with van der Waals surface area (Å²) in [6.07, 6.45) is 15.7. The molecule has 234 valence electrons. The third-order valence-electron chi connectivity index (χ3n) is 9.05. The molecule has 3 aliphatic carbocycles. The molecule has 2 N–H and O–H groups in total. The zero-order chi connectivity index (χ0) is 30.3. The first-order valence-corrected chi connectivity index (χ1v) is 16.6. The van der Waals surface area contributed by atoms with E-state index in [0.717, 1.165) is 30.6 Å². The molecule has 3 fully saturated rings. The van der Waals surface area contributed by atoms with Gasteiger partial charge in [-0.05, 0) is 86.4 Å². The highest BCUT2D eigenvalue weighted by Gasteiger charge is 2.56. The highest BCUT2D eigenvalue weighted by atomic mass is 14.8. The lowest BCUT2D eigenvalue weighted by Gasteiger charge is -2.58. The molecule has 6 unspecified atom stereocenters. The average Bonchev–Trinajstić information content (AvgIpc) is 3.27. The maximum atomic E-state index is 7.02. The quantitative estimate of drug-likeness (QED) is 0.354. The lowest BCUT2D eigenvalue weighted by molar-refractivity contribution is -0.0365. The summed E-state index contributed by atoms with van der Waals surface area (Å²) in [7, 11) is 0. The van der Waals surface area contributed by atoms with Gasteiger partial charge in [-0.3, -0.25) is 0 Å². The molecule has 0 aliphatic heterocycles. The highest BCUT2D eigenvalue weighted by molar-refractivity contribution is 5.17. The number of fused-ring (bicyclic) bond motifs is 1. The van der Waals surface area contributed by atoms with Gasteiger partial charge in [-0.25, -0.2) is 0 Å². The van der Waals surface area contributed by atoms with E-state index in [0.29, 0.717) is 10.8 Å². The molecule has 0 aromatic rings. The number of rotatable bonds is 3. The van der Waals surface area contributed by atoms with Crippen LogP contribution in [0.2, 0.25) is 0 Å². The summed E-state index contributed by atoms with van der Waals surface area (Å²) in [5.41, 5.74) is 9.33. The van der Waals surface area contributed by atoms with Crippen molar-refractivity contribution in [1.29, 1.82) is 0 Å². The van der Waals surface area contributed by atoms with Crippen molar-refractivity contribution in [1.82, 2.24) is 0 Å². The van der Waals surface area contributed by atoms with Crippen LogP contribution in [0.3, 0.4) is 0 Å². The van der Waals surface area contributed by atoms with Crippen LogP contribution in [0.15, 0.2) is 25.3 Å². The number of hydrogen-bond donors (Lipinski definition) is 1. The van der Waals surface area contributed by atoms with Crippen LogP contribution in [0.5, 0.6) is 0 Å². The topological polar surface area (TPSA) is 26.0 Å². The molecular formula is C37H81N. The zero-order valence-corrected chi connectivity index (χ0v) is 28.9. The molecule has 3 aliphatic rings. The molecule has 1 nitrogen and oxygen atoms in total. The van der Waals surface area contributed by atoms with Crippen molar-refractivity contribution in [2.75, 3.05) is 0 Å². The van der Waals surface area contributed by atoms with Gasteiger partial charge in [0.25, 0.3) is 0 Å². The third kappa shape index (κ3) is 12.7. The lowest BCUT2D eigenvalue weighted by atomic mass is 9.49. The fourth-order valence-corrected chi connectivity index (χ4v) is 6.95. The van der Waals surface area contributed by atoms with E-state index >= 15 is 0 Å². The Morgan fingerprint density at radius 2 is 1.21 bits per heavy atom. The first-order valence-electron chi connectivity index (χ1n) is 16.6. The first kappa shape index (κ1) is 47.2. The maximum Gasteiger partial charge on any atom is 0.0246 e. The van der Waals surface area contributed by atoms with Crippen LogP contribution in [0, 0.1) is 28.6 Å². The van der Waals surface area contributed by atoms with Gasteiger partial charge in [0.2, 0.25) is 0 Å². The molecular weight excluding hydrogens is 458 g/mol. The van der Waals surface area contributed by atoms with Gasteiger partial charge < -0.3 is 5.73 Å². The normalized spacial score (nSPS) is 32.3. The smallest absolute Gasteiger partial charge is 0.0246 e. The predicted octanol–water partition coefficient (Wildman–Crippen LogP) is 13.4. The van der Waals surface area contributed by atoms with E-state index < -0.39 is 0 Å². The second-order valence-corrected chi connectivity index (χ2v) is 11.1. The molecule has 0 amide bonds. The van der Waals surface area contributed by atoms with E-state index in [1.54, 1.807) is 0 Å². The Kier molecular flexibility index (Phi) is 33.1. The minimum absolute atomic E-state index is 0. The summed E-state index contributed by atoms with van der Waals surface area (Å²) in [5.74, 6) is 2.75. The molecule has 1 heteroatoms. The van der Waals surface area contributed by atoms with E-state index in [-0.39, 0.29) is 13.0 Å². The summed E-state index contributed by atoms with van der Waals surface area (Å²) in [4.78, 5) is 0. The molecule has 0 aromatic heterocycles. The van der Waals surface area contributed by atoms with Crippen molar-refractivity contribution in [2.45, 2.75) is 187 Å². The van der Waals surface area contributed by atoms with Gasteiger partial charge in [0, 0.05) is 5.54 Å². The van der Waals surface area contributed by atoms with E-state index in [1.807, 2.05) is 41.5 Å². The van der Waals surface area contributed by atoms with Crippen LogP contribution in [-0.2, 0) is 0 Å². The van der Waals surface area contributed by atoms with Crippen molar-refractivity contribution in [3.05, 3.63) is 25.3 Å². The molecule has 38 heavy (non-hydrogen) atoms. The molecule has 0 spiro atoms. The van der Waals surface area contributed by atoms with Gasteiger partial charge in [0.15, 0.2) is 0 Å². The second-order valence-electron chi connectivity index (χ2n) is 11.1. The van der Waals surface area contributed by atoms with Crippen LogP contribution in [-0.4, -0.2) is 5.54 Å². The van der Waals surface area contributed by atoms with Gasteiger partial charge in [-0.1, -0.05) is 136 Å². The second kappa shape index (κ2) is 26.7. The van der Waals surface area contributed by atoms with E-state index in [9.17, 15) is 0 Å². The van der Waals surface area contributed by atoms with Crippen molar-refractivity contribution in [3.63, 3.8) is 0 Å². The molecule has 0 aromatic carbocycles. The summed E-state index contributed by atoms with van der Waals surface area (Å²) in [5, 5.41) is 0. The van der Waals surface area contributed by atoms with Gasteiger partial charge in [0.05, 0.1) is 0 Å². The summed E-state index contributed by atoms with van der Waals surface area (Å²) in [6.45, 7) is 40.6. The highest BCUT2D eigenvalue weighted by Crippen LogP contribution is 2.63. The average molecular weight is 540 g/mol. The van der Waals surface area contributed by atoms with Gasteiger partial charge in [0.1, 0.15) is 0 Å². The Hall–Kier alpha value is -0.560. The molecule has 6 atom stereocenters. The lowest BCUT2D eigenvalue weighted by Crippen LogP contribution is -2.60. The Morgan fingerprint density at radius 3 is 1.61 bits per heavy atom. The predicted molar refractivity (Wildman–Crippen MR) is 184 cm³/mol. The Bertz CT molecular complexity index is 509. The monoisotopic (exact) mass is 540 g/mol. The standard InChI is InChI=1S/C22H39N.2C3H8.3C2H6.C2H4.CH4/c1-6-17-8-9-18-14-19(11-12-20(17,18)4)21(5)13-10-16(3)15-22(21,23)7-2;2*1-3-2;4*1-2;/h17-19H,3,6-15,23H2,1-2,4-5H3;2*3H2,1-2H3;3*1-2H3;1-2H2;1H4. The summed E-state index contributed by atoms with van der Waals surface area (Å²) in [6, 6.07) is 0. The Morgan fingerprint density at radius 1 is 0.763 bits per heavy atom. The Balaban J connectivity index is -0.000000208. The minimum Gasteiger partial charge on any atom is -0.324 e. The summed E-state index contributed by atoms with van der Waals surface area (Å²) < 4.78 is 0. The van der Waals surface area contributed by atoms with E-state index in [4.69, 9.17) is 5.73 Å². The van der Waals surface area contributed by atoms with Crippen LogP contribution in [0.1, 0.15) is 181 Å². The van der Waals surface area contributed by atoms with E-state index in [1.165, 1.54) is 69.8 Å². The molecule has 3 rings (SSSR count). The van der Waals surface area contributed by atoms with Crippen LogP contribution in [0.25, 0.3) is 0 Å². The molecule has 0 saturated heterocycles. The fraction of sp³-hybridized carbons (Fsp3) is 0.892. The van der Waals surface area contributed by atoms with Crippen LogP contribution < -0.4 is 5.73 Å². The van der Waals surface area contributed by atoms with Crippen LogP contribution >= 0.6 is 0 Å². The van der Waals surface area contributed by atoms with Gasteiger partial charge in [-0.15, -0.1) is 13.2 Å². The summed E-state index contributed by atoms with van der Waals surface area (Å²) >= 11 is 0. The van der Waals surface area contributed by atoms with Crippen molar-refractivity contribution >= 4 is 0 Å². The van der Waals surface area contributed by atoms with Crippen LogP contribution in [0.4, 0.5) is 0 Å². The third-order valence-corrected chi connectivity index (χ3v) is 9.05. The maximum absolute atomic E-state index is 7.02. The van der Waals surface area contributed by atoms with Crippen molar-refractivity contribution < 1.29 is 0 Å². The van der Waals surface area contributed by atoms with Gasteiger partial charge >= 0.3 is 0 Å². The zero-order valence-electron chi connectivity index (χ0n) is 28.9. The first-order chi connectivity index (χ1) is 17.6. The Labute approximate surface area is 246 Å². The number of nitrogens with two attached hydrogens (primary N) is 1. The minimum atomic E-state index is -0.0243. The molecule has 3 saturated carbocycles. The SMILES string of the molecule is C.C=C.C=C1CCC(C)(C2CCC3(C)C(CC)CCC3C2)C(N)(CC)C1.CC.CC.CC.CCC.CCC.